The first-order chi connectivity index (χ1) is 6.48. The molecule has 2 rings (SSSR count). The first-order valence-corrected chi connectivity index (χ1v) is 5.05. The highest BCUT2D eigenvalue weighted by molar-refractivity contribution is 7.85. The molecule has 0 saturated carbocycles. The molecular weight excluding hydrogens is 208 g/mol. The summed E-state index contributed by atoms with van der Waals surface area (Å²) in [6, 6.07) is 3.79. The number of hydrogen-bond donors (Lipinski definition) is 2. The second-order valence-corrected chi connectivity index (χ2v) is 4.12. The Morgan fingerprint density at radius 1 is 1.43 bits per heavy atom. The molecule has 1 aromatic carbocycles. The maximum absolute atomic E-state index is 10.8. The molecule has 0 aliphatic rings. The van der Waals surface area contributed by atoms with Crippen molar-refractivity contribution in [1.29, 1.82) is 0 Å². The molecule has 0 unspecified atom stereocenters. The third kappa shape index (κ3) is 1.32. The maximum atomic E-state index is 10.8. The molecule has 74 valence electrons. The smallest absolute Gasteiger partial charge is 0.294 e. The van der Waals surface area contributed by atoms with Crippen LogP contribution in [0.4, 0.5) is 5.82 Å². The fourth-order valence-corrected chi connectivity index (χ4v) is 1.60. The van der Waals surface area contributed by atoms with Crippen LogP contribution in [0.1, 0.15) is 0 Å². The lowest BCUT2D eigenvalue weighted by Gasteiger charge is -1.95. The largest absolute Gasteiger partial charge is 0.380 e. The Morgan fingerprint density at radius 3 is 2.79 bits per heavy atom. The average Bonchev–Trinajstić information content (AvgIpc) is 2.46. The van der Waals surface area contributed by atoms with E-state index in [0.717, 1.165) is 0 Å². The van der Waals surface area contributed by atoms with Crippen molar-refractivity contribution in [3.8, 4) is 0 Å². The van der Waals surface area contributed by atoms with Gasteiger partial charge in [-0.05, 0) is 18.2 Å². The number of anilines is 1. The average molecular weight is 214 g/mol. The Morgan fingerprint density at radius 2 is 2.14 bits per heavy atom. The second-order valence-electron chi connectivity index (χ2n) is 2.70. The van der Waals surface area contributed by atoms with E-state index in [2.05, 4.69) is 5.16 Å². The number of rotatable bonds is 1. The first kappa shape index (κ1) is 8.97. The van der Waals surface area contributed by atoms with Gasteiger partial charge < -0.3 is 10.3 Å². The summed E-state index contributed by atoms with van der Waals surface area (Å²) in [6.07, 6.45) is 0. The van der Waals surface area contributed by atoms with Crippen LogP contribution in [0.15, 0.2) is 27.6 Å². The maximum Gasteiger partial charge on any atom is 0.294 e. The van der Waals surface area contributed by atoms with Crippen molar-refractivity contribution in [3.05, 3.63) is 18.2 Å². The van der Waals surface area contributed by atoms with Crippen molar-refractivity contribution in [1.82, 2.24) is 5.16 Å². The van der Waals surface area contributed by atoms with Crippen LogP contribution in [0, 0.1) is 0 Å². The van der Waals surface area contributed by atoms with Crippen LogP contribution in [0.25, 0.3) is 11.0 Å². The zero-order valence-electron chi connectivity index (χ0n) is 6.84. The fourth-order valence-electron chi connectivity index (χ4n) is 1.10. The highest BCUT2D eigenvalue weighted by atomic mass is 32.2. The summed E-state index contributed by atoms with van der Waals surface area (Å²) >= 11 is 0. The lowest BCUT2D eigenvalue weighted by molar-refractivity contribution is 0.460. The predicted molar refractivity (Wildman–Crippen MR) is 48.2 cm³/mol. The van der Waals surface area contributed by atoms with Crippen molar-refractivity contribution in [2.24, 2.45) is 0 Å². The normalized spacial score (nSPS) is 12.1. The highest BCUT2D eigenvalue weighted by Crippen LogP contribution is 2.23. The van der Waals surface area contributed by atoms with Gasteiger partial charge in [0, 0.05) is 0 Å². The van der Waals surface area contributed by atoms with Gasteiger partial charge in [-0.15, -0.1) is 0 Å². The third-order valence-corrected chi connectivity index (χ3v) is 2.62. The van der Waals surface area contributed by atoms with Gasteiger partial charge in [-0.2, -0.15) is 8.42 Å². The summed E-state index contributed by atoms with van der Waals surface area (Å²) in [4.78, 5) is -0.236. The standard InChI is InChI=1S/C7H6N2O4S/c8-7-5-3-4(14(10,11)12)1-2-6(5)13-9-7/h1-3H,(H2,8,9)(H,10,11,12). The zero-order chi connectivity index (χ0) is 10.3. The number of benzene rings is 1. The van der Waals surface area contributed by atoms with E-state index in [1.807, 2.05) is 0 Å². The molecule has 0 radical (unpaired) electrons. The van der Waals surface area contributed by atoms with Crippen LogP contribution in [-0.2, 0) is 10.1 Å². The molecule has 2 aromatic rings. The van der Waals surface area contributed by atoms with E-state index in [1.54, 1.807) is 0 Å². The Labute approximate surface area is 79.0 Å². The summed E-state index contributed by atoms with van der Waals surface area (Å²) < 4.78 is 35.1. The van der Waals surface area contributed by atoms with Crippen molar-refractivity contribution >= 4 is 26.9 Å². The third-order valence-electron chi connectivity index (χ3n) is 1.77. The van der Waals surface area contributed by atoms with Gasteiger partial charge in [0.05, 0.1) is 10.3 Å². The molecule has 14 heavy (non-hydrogen) atoms. The molecule has 0 fully saturated rings. The molecule has 1 heterocycles. The minimum absolute atomic E-state index is 0.0884. The Bertz CT molecular complexity index is 587. The number of fused-ring (bicyclic) bond motifs is 1. The summed E-state index contributed by atoms with van der Waals surface area (Å²) in [6.45, 7) is 0. The topological polar surface area (TPSA) is 106 Å². The highest BCUT2D eigenvalue weighted by Gasteiger charge is 2.13. The molecule has 0 spiro atoms. The van der Waals surface area contributed by atoms with Gasteiger partial charge in [0.1, 0.15) is 0 Å². The first-order valence-electron chi connectivity index (χ1n) is 3.61. The Hall–Kier alpha value is -1.60. The zero-order valence-corrected chi connectivity index (χ0v) is 7.65. The molecular formula is C7H6N2O4S. The number of nitrogens with zero attached hydrogens (tertiary/aromatic N) is 1. The van der Waals surface area contributed by atoms with Crippen LogP contribution in [-0.4, -0.2) is 18.1 Å². The molecule has 0 atom stereocenters. The van der Waals surface area contributed by atoms with E-state index in [4.69, 9.17) is 14.8 Å². The monoisotopic (exact) mass is 214 g/mol. The molecule has 3 N–H and O–H groups in total. The van der Waals surface area contributed by atoms with E-state index in [1.165, 1.54) is 18.2 Å². The van der Waals surface area contributed by atoms with Crippen molar-refractivity contribution in [2.75, 3.05) is 5.73 Å². The second kappa shape index (κ2) is 2.69. The summed E-state index contributed by atoms with van der Waals surface area (Å²) in [5, 5.41) is 3.81. The van der Waals surface area contributed by atoms with Gasteiger partial charge in [-0.1, -0.05) is 5.16 Å². The fraction of sp³-hybridized carbons (Fsp3) is 0. The van der Waals surface area contributed by atoms with Crippen molar-refractivity contribution in [2.45, 2.75) is 4.90 Å². The lowest BCUT2D eigenvalue weighted by atomic mass is 10.2. The molecule has 0 bridgehead atoms. The van der Waals surface area contributed by atoms with Crippen LogP contribution in [0.3, 0.4) is 0 Å². The van der Waals surface area contributed by atoms with Gasteiger partial charge in [0.25, 0.3) is 10.1 Å². The van der Waals surface area contributed by atoms with Crippen LogP contribution >= 0.6 is 0 Å². The predicted octanol–water partition coefficient (Wildman–Crippen LogP) is 0.657. The van der Waals surface area contributed by atoms with Crippen molar-refractivity contribution < 1.29 is 17.5 Å². The summed E-state index contributed by atoms with van der Waals surface area (Å²) in [5.41, 5.74) is 5.78. The minimum Gasteiger partial charge on any atom is -0.380 e. The van der Waals surface area contributed by atoms with E-state index in [9.17, 15) is 8.42 Å². The Kier molecular flexibility index (Phi) is 1.73. The van der Waals surface area contributed by atoms with E-state index >= 15 is 0 Å². The van der Waals surface area contributed by atoms with Crippen LogP contribution in [0.5, 0.6) is 0 Å². The number of hydrogen-bond acceptors (Lipinski definition) is 5. The van der Waals surface area contributed by atoms with E-state index in [-0.39, 0.29) is 10.7 Å². The van der Waals surface area contributed by atoms with Gasteiger partial charge in [-0.3, -0.25) is 4.55 Å². The van der Waals surface area contributed by atoms with Crippen LogP contribution in [0.2, 0.25) is 0 Å². The molecule has 7 heteroatoms. The van der Waals surface area contributed by atoms with E-state index in [0.29, 0.717) is 11.0 Å². The minimum atomic E-state index is -4.21. The molecule has 6 nitrogen and oxygen atoms in total. The summed E-state index contributed by atoms with van der Waals surface area (Å²) in [5.74, 6) is 0.0884. The lowest BCUT2D eigenvalue weighted by Crippen LogP contribution is -1.97. The quantitative estimate of drug-likeness (QED) is 0.675. The molecule has 1 aromatic heterocycles. The molecule has 0 aliphatic heterocycles. The van der Waals surface area contributed by atoms with Gasteiger partial charge in [0.2, 0.25) is 0 Å². The van der Waals surface area contributed by atoms with Gasteiger partial charge in [-0.25, -0.2) is 0 Å². The SMILES string of the molecule is Nc1noc2ccc(S(=O)(=O)O)cc12. The molecule has 0 aliphatic carbocycles. The molecule has 0 saturated heterocycles. The number of nitrogens with two attached hydrogens (primary N) is 1. The summed E-state index contributed by atoms with van der Waals surface area (Å²) in [7, 11) is -4.21. The Balaban J connectivity index is 2.79. The van der Waals surface area contributed by atoms with E-state index < -0.39 is 10.1 Å². The number of aromatic nitrogens is 1. The van der Waals surface area contributed by atoms with Gasteiger partial charge in [0.15, 0.2) is 11.4 Å². The van der Waals surface area contributed by atoms with Gasteiger partial charge >= 0.3 is 0 Å². The molecule has 0 amide bonds. The number of nitrogen functional groups attached to an aromatic ring is 1. The van der Waals surface area contributed by atoms with Crippen molar-refractivity contribution in [3.63, 3.8) is 0 Å². The van der Waals surface area contributed by atoms with Crippen LogP contribution < -0.4 is 5.73 Å².